The monoisotopic (exact) mass is 483 g/mol. The molecule has 7 nitrogen and oxygen atoms in total. The minimum atomic E-state index is -0.390. The lowest BCUT2D eigenvalue weighted by atomic mass is 9.94. The first-order valence-electron chi connectivity index (χ1n) is 12.0. The number of aromatic hydroxyl groups is 1. The van der Waals surface area contributed by atoms with Crippen LogP contribution in [0.1, 0.15) is 45.2 Å². The van der Waals surface area contributed by atoms with Crippen molar-refractivity contribution in [2.45, 2.75) is 26.3 Å². The highest BCUT2D eigenvalue weighted by atomic mass is 16.5. The van der Waals surface area contributed by atoms with Crippen LogP contribution in [-0.4, -0.2) is 46.4 Å². The third-order valence-electron chi connectivity index (χ3n) is 6.63. The van der Waals surface area contributed by atoms with Crippen molar-refractivity contribution in [3.05, 3.63) is 94.7 Å². The summed E-state index contributed by atoms with van der Waals surface area (Å²) in [6.45, 7) is 5.01. The Morgan fingerprint density at radius 1 is 1.00 bits per heavy atom. The van der Waals surface area contributed by atoms with E-state index in [1.807, 2.05) is 79.4 Å². The largest absolute Gasteiger partial charge is 0.507 e. The fraction of sp³-hybridized carbons (Fsp3) is 0.241. The van der Waals surface area contributed by atoms with Gasteiger partial charge in [-0.15, -0.1) is 0 Å². The topological polar surface area (TPSA) is 87.7 Å². The van der Waals surface area contributed by atoms with Gasteiger partial charge in [-0.05, 0) is 73.4 Å². The van der Waals surface area contributed by atoms with Gasteiger partial charge < -0.3 is 19.5 Å². The van der Waals surface area contributed by atoms with E-state index in [4.69, 9.17) is 9.47 Å². The number of para-hydroxylation sites is 1. The molecule has 3 aromatic carbocycles. The minimum Gasteiger partial charge on any atom is -0.507 e. The summed E-state index contributed by atoms with van der Waals surface area (Å²) in [6, 6.07) is 20.6. The Bertz CT molecular complexity index is 1400. The Morgan fingerprint density at radius 2 is 1.75 bits per heavy atom. The summed E-state index contributed by atoms with van der Waals surface area (Å²) in [6.07, 6.45) is 0.695. The summed E-state index contributed by atoms with van der Waals surface area (Å²) in [5.74, 6) is 1.43. The third kappa shape index (κ3) is 4.33. The van der Waals surface area contributed by atoms with E-state index in [0.717, 1.165) is 28.0 Å². The van der Waals surface area contributed by atoms with E-state index in [0.29, 0.717) is 42.3 Å². The van der Waals surface area contributed by atoms with Crippen molar-refractivity contribution < 1.29 is 19.4 Å². The first kappa shape index (κ1) is 23.6. The smallest absolute Gasteiger partial charge is 0.273 e. The van der Waals surface area contributed by atoms with Gasteiger partial charge >= 0.3 is 0 Å². The molecule has 36 heavy (non-hydrogen) atoms. The van der Waals surface area contributed by atoms with Gasteiger partial charge in [-0.1, -0.05) is 30.3 Å². The highest BCUT2D eigenvalue weighted by Crippen LogP contribution is 2.45. The Hall–Kier alpha value is -4.10. The fourth-order valence-corrected chi connectivity index (χ4v) is 4.72. The molecule has 5 rings (SSSR count). The Labute approximate surface area is 210 Å². The van der Waals surface area contributed by atoms with E-state index in [9.17, 15) is 9.90 Å². The molecule has 0 bridgehead atoms. The van der Waals surface area contributed by atoms with Crippen LogP contribution in [0.2, 0.25) is 0 Å². The number of phenols is 1. The molecule has 4 aromatic rings. The molecule has 1 unspecified atom stereocenters. The van der Waals surface area contributed by atoms with Crippen molar-refractivity contribution in [2.75, 3.05) is 20.3 Å². The Kier molecular flexibility index (Phi) is 6.48. The normalized spacial score (nSPS) is 14.8. The van der Waals surface area contributed by atoms with Crippen molar-refractivity contribution in [2.24, 2.45) is 0 Å². The van der Waals surface area contributed by atoms with Gasteiger partial charge in [-0.3, -0.25) is 9.89 Å². The van der Waals surface area contributed by atoms with E-state index >= 15 is 0 Å². The first-order chi connectivity index (χ1) is 17.5. The quantitative estimate of drug-likeness (QED) is 0.311. The number of aromatic amines is 1. The number of aryl methyl sites for hydroxylation is 2. The van der Waals surface area contributed by atoms with Crippen LogP contribution >= 0.6 is 0 Å². The van der Waals surface area contributed by atoms with Gasteiger partial charge in [0.25, 0.3) is 5.91 Å². The number of carbonyl (C=O) groups excluding carboxylic acids is 1. The van der Waals surface area contributed by atoms with Crippen LogP contribution in [0.5, 0.6) is 17.2 Å². The summed E-state index contributed by atoms with van der Waals surface area (Å²) < 4.78 is 11.3. The lowest BCUT2D eigenvalue weighted by Gasteiger charge is -2.26. The third-order valence-corrected chi connectivity index (χ3v) is 6.63. The Morgan fingerprint density at radius 3 is 2.53 bits per heavy atom. The maximum Gasteiger partial charge on any atom is 0.273 e. The molecule has 184 valence electrons. The van der Waals surface area contributed by atoms with E-state index in [2.05, 4.69) is 10.2 Å². The molecule has 0 fully saturated rings. The average molecular weight is 484 g/mol. The SMILES string of the molecule is COCCCN1C(=O)c2[nH]nc(-c3cc(C)c(C)cc3O)c2C1c1cccc(Oc2ccccc2)c1. The number of phenolic OH excluding ortho intramolecular Hbond substituents is 1. The molecule has 0 saturated heterocycles. The minimum absolute atomic E-state index is 0.123. The summed E-state index contributed by atoms with van der Waals surface area (Å²) >= 11 is 0. The maximum atomic E-state index is 13.5. The molecular formula is C29H29N3O4. The van der Waals surface area contributed by atoms with E-state index in [1.165, 1.54) is 0 Å². The number of hydrogen-bond donors (Lipinski definition) is 2. The van der Waals surface area contributed by atoms with Crippen LogP contribution < -0.4 is 4.74 Å². The van der Waals surface area contributed by atoms with Gasteiger partial charge in [0.05, 0.1) is 6.04 Å². The molecule has 1 aliphatic heterocycles. The molecule has 0 radical (unpaired) electrons. The number of fused-ring (bicyclic) bond motifs is 1. The van der Waals surface area contributed by atoms with Crippen LogP contribution in [0.4, 0.5) is 0 Å². The van der Waals surface area contributed by atoms with Crippen molar-refractivity contribution in [3.8, 4) is 28.5 Å². The zero-order valence-electron chi connectivity index (χ0n) is 20.6. The van der Waals surface area contributed by atoms with Crippen LogP contribution in [0.25, 0.3) is 11.3 Å². The van der Waals surface area contributed by atoms with Crippen LogP contribution in [0, 0.1) is 13.8 Å². The number of ether oxygens (including phenoxy) is 2. The highest BCUT2D eigenvalue weighted by molar-refractivity contribution is 6.00. The maximum absolute atomic E-state index is 13.5. The molecule has 2 N–H and O–H groups in total. The fourth-order valence-electron chi connectivity index (χ4n) is 4.72. The van der Waals surface area contributed by atoms with Gasteiger partial charge in [0.1, 0.15) is 28.6 Å². The Balaban J connectivity index is 1.60. The molecule has 1 aromatic heterocycles. The number of nitrogens with one attached hydrogen (secondary N) is 1. The van der Waals surface area contributed by atoms with Crippen LogP contribution in [0.3, 0.4) is 0 Å². The number of nitrogens with zero attached hydrogens (tertiary/aromatic N) is 2. The van der Waals surface area contributed by atoms with Crippen molar-refractivity contribution in [3.63, 3.8) is 0 Å². The van der Waals surface area contributed by atoms with Crippen LogP contribution in [-0.2, 0) is 4.74 Å². The molecule has 0 saturated carbocycles. The second-order valence-corrected chi connectivity index (χ2v) is 9.05. The molecular weight excluding hydrogens is 454 g/mol. The van der Waals surface area contributed by atoms with Crippen molar-refractivity contribution in [1.29, 1.82) is 0 Å². The van der Waals surface area contributed by atoms with Gasteiger partial charge in [-0.25, -0.2) is 0 Å². The molecule has 0 spiro atoms. The van der Waals surface area contributed by atoms with E-state index in [-0.39, 0.29) is 11.7 Å². The molecule has 0 aliphatic carbocycles. The van der Waals surface area contributed by atoms with Gasteiger partial charge in [-0.2, -0.15) is 5.10 Å². The van der Waals surface area contributed by atoms with Crippen LogP contribution in [0.15, 0.2) is 66.7 Å². The molecule has 2 heterocycles. The highest BCUT2D eigenvalue weighted by Gasteiger charge is 2.42. The first-order valence-corrected chi connectivity index (χ1v) is 12.0. The number of amides is 1. The second kappa shape index (κ2) is 9.87. The number of hydrogen-bond acceptors (Lipinski definition) is 5. The number of rotatable bonds is 8. The number of benzene rings is 3. The van der Waals surface area contributed by atoms with Gasteiger partial charge in [0.15, 0.2) is 0 Å². The second-order valence-electron chi connectivity index (χ2n) is 9.05. The summed E-state index contributed by atoms with van der Waals surface area (Å²) in [5.41, 5.74) is 5.31. The number of H-pyrrole nitrogens is 1. The molecule has 1 atom stereocenters. The van der Waals surface area contributed by atoms with Gasteiger partial charge in [0, 0.05) is 31.4 Å². The van der Waals surface area contributed by atoms with E-state index < -0.39 is 6.04 Å². The average Bonchev–Trinajstić information content (AvgIpc) is 3.41. The summed E-state index contributed by atoms with van der Waals surface area (Å²) in [7, 11) is 1.65. The van der Waals surface area contributed by atoms with Crippen molar-refractivity contribution >= 4 is 5.91 Å². The lowest BCUT2D eigenvalue weighted by Crippen LogP contribution is -2.31. The van der Waals surface area contributed by atoms with E-state index in [1.54, 1.807) is 13.2 Å². The number of aromatic nitrogens is 2. The number of carbonyl (C=O) groups is 1. The number of methoxy groups -OCH3 is 1. The molecule has 7 heteroatoms. The zero-order chi connectivity index (χ0) is 25.2. The predicted octanol–water partition coefficient (Wildman–Crippen LogP) is 5.77. The van der Waals surface area contributed by atoms with Crippen molar-refractivity contribution in [1.82, 2.24) is 15.1 Å². The molecule has 1 aliphatic rings. The van der Waals surface area contributed by atoms with Gasteiger partial charge in [0.2, 0.25) is 0 Å². The standard InChI is InChI=1S/C29H29N3O4/c1-18-15-23(24(33)16-19(18)2)26-25-27(31-30-26)29(34)32(13-8-14-35-3)28(25)20-9-7-12-22(17-20)36-21-10-5-4-6-11-21/h4-7,9-12,15-17,28,33H,8,13-14H2,1-3H3,(H,30,31). The lowest BCUT2D eigenvalue weighted by molar-refractivity contribution is 0.0723. The summed E-state index contributed by atoms with van der Waals surface area (Å²) in [5, 5.41) is 18.3. The zero-order valence-corrected chi connectivity index (χ0v) is 20.6. The molecule has 1 amide bonds. The predicted molar refractivity (Wildman–Crippen MR) is 137 cm³/mol. The summed E-state index contributed by atoms with van der Waals surface area (Å²) in [4.78, 5) is 15.4.